The molecule has 3 rings (SSSR count). The molecule has 0 aliphatic heterocycles. The fourth-order valence-electron chi connectivity index (χ4n) is 2.99. The van der Waals surface area contributed by atoms with Crippen molar-refractivity contribution in [2.75, 3.05) is 13.1 Å². The lowest BCUT2D eigenvalue weighted by molar-refractivity contribution is -0.645. The maximum atomic E-state index is 4.31. The molecule has 0 spiro atoms. The number of guanidine groups is 1. The number of halogens is 2. The van der Waals surface area contributed by atoms with Gasteiger partial charge in [-0.1, -0.05) is 36.4 Å². The van der Waals surface area contributed by atoms with Gasteiger partial charge in [0.05, 0.1) is 13.3 Å². The second-order valence-corrected chi connectivity index (χ2v) is 6.31. The van der Waals surface area contributed by atoms with Gasteiger partial charge in [0.15, 0.2) is 11.0 Å². The molecule has 0 aliphatic carbocycles. The Hall–Kier alpha value is -2.19. The van der Waals surface area contributed by atoms with Crippen LogP contribution >= 0.6 is 17.0 Å². The molecule has 0 fully saturated rings. The Morgan fingerprint density at radius 1 is 1.10 bits per heavy atom. The van der Waals surface area contributed by atoms with Gasteiger partial charge in [0.2, 0.25) is 12.3 Å². The predicted molar refractivity (Wildman–Crippen MR) is 121 cm³/mol. The van der Waals surface area contributed by atoms with Crippen molar-refractivity contribution < 1.29 is 21.5 Å². The van der Waals surface area contributed by atoms with Gasteiger partial charge in [-0.25, -0.2) is 14.6 Å². The van der Waals surface area contributed by atoms with Crippen molar-refractivity contribution in [3.8, 4) is 0 Å². The number of hydrogen-bond acceptors (Lipinski definition) is 2. The van der Waals surface area contributed by atoms with Crippen molar-refractivity contribution in [3.05, 3.63) is 66.0 Å². The third-order valence-electron chi connectivity index (χ3n) is 4.26. The molecule has 0 unspecified atom stereocenters. The maximum absolute atomic E-state index is 4.31. The Bertz CT molecular complexity index is 947. The summed E-state index contributed by atoms with van der Waals surface area (Å²) in [5.74, 6) is 0.695. The van der Waals surface area contributed by atoms with E-state index in [2.05, 4.69) is 91.9 Å². The number of aryl methyl sites for hydroxylation is 1. The Kier molecular flexibility index (Phi) is 10.6. The van der Waals surface area contributed by atoms with E-state index in [0.29, 0.717) is 12.5 Å². The Balaban J connectivity index is 0.00000210. The predicted octanol–water partition coefficient (Wildman–Crippen LogP) is 0.00490. The molecule has 3 aromatic rings. The van der Waals surface area contributed by atoms with E-state index in [4.69, 9.17) is 0 Å². The van der Waals surface area contributed by atoms with E-state index in [1.807, 2.05) is 13.8 Å². The number of fused-ring (bicyclic) bond motifs is 1. The quantitative estimate of drug-likeness (QED) is 0.207. The lowest BCUT2D eigenvalue weighted by Gasteiger charge is -2.05. The summed E-state index contributed by atoms with van der Waals surface area (Å²) >= 11 is 0. The van der Waals surface area contributed by atoms with Crippen LogP contribution in [0, 0.1) is 0 Å². The molecule has 29 heavy (non-hydrogen) atoms. The van der Waals surface area contributed by atoms with Crippen LogP contribution in [0.3, 0.4) is 0 Å². The van der Waals surface area contributed by atoms with Crippen LogP contribution in [0.15, 0.2) is 65.0 Å². The molecule has 0 amide bonds. The minimum absolute atomic E-state index is 0. The highest BCUT2D eigenvalue weighted by atomic mass is 79.9. The number of hydrogen-bond donors (Lipinski definition) is 2. The Labute approximate surface area is 193 Å². The molecule has 0 bridgehead atoms. The normalized spacial score (nSPS) is 11.2. The Morgan fingerprint density at radius 2 is 1.83 bits per heavy atom. The van der Waals surface area contributed by atoms with Crippen molar-refractivity contribution in [1.82, 2.24) is 15.3 Å². The molecular formula is C21H28Br2N6. The lowest BCUT2D eigenvalue weighted by Crippen LogP contribution is -3.00. The molecule has 156 valence electrons. The second kappa shape index (κ2) is 12.4. The number of benzene rings is 2. The van der Waals surface area contributed by atoms with Gasteiger partial charge >= 0.3 is 0 Å². The molecule has 2 N–H and O–H groups in total. The zero-order valence-electron chi connectivity index (χ0n) is 17.0. The number of nitrogens with one attached hydrogen (secondary N) is 2. The smallest absolute Gasteiger partial charge is 0.244 e. The maximum Gasteiger partial charge on any atom is 0.244 e. The van der Waals surface area contributed by atoms with E-state index < -0.39 is 0 Å². The molecule has 6 nitrogen and oxygen atoms in total. The van der Waals surface area contributed by atoms with Crippen LogP contribution in [0.25, 0.3) is 11.0 Å². The molecule has 8 heteroatoms. The minimum atomic E-state index is 0. The van der Waals surface area contributed by atoms with Gasteiger partial charge in [-0.3, -0.25) is 4.99 Å². The number of imidazole rings is 1. The van der Waals surface area contributed by atoms with Crippen LogP contribution in [0.2, 0.25) is 0 Å². The molecule has 1 heterocycles. The molecular weight excluding hydrogens is 496 g/mol. The van der Waals surface area contributed by atoms with Crippen molar-refractivity contribution >= 4 is 40.2 Å². The average molecular weight is 524 g/mol. The summed E-state index contributed by atoms with van der Waals surface area (Å²) in [6.45, 7) is 6.39. The van der Waals surface area contributed by atoms with Crippen LogP contribution in [-0.4, -0.2) is 29.8 Å². The van der Waals surface area contributed by atoms with Crippen LogP contribution in [0.4, 0.5) is 0 Å². The van der Waals surface area contributed by atoms with Crippen molar-refractivity contribution in [2.45, 2.75) is 20.4 Å². The van der Waals surface area contributed by atoms with Crippen LogP contribution in [-0.2, 0) is 13.6 Å². The first-order chi connectivity index (χ1) is 13.2. The summed E-state index contributed by atoms with van der Waals surface area (Å²) in [5.41, 5.74) is 7.71. The zero-order valence-corrected chi connectivity index (χ0v) is 20.3. The SMILES string of the molecule is Br.CCN=C(NCC)N/N=C/c1ccc(Cn2c[n+](C)c3ccccc32)cc1.[Br-]. The van der Waals surface area contributed by atoms with E-state index in [0.717, 1.165) is 18.7 Å². The van der Waals surface area contributed by atoms with Gasteiger partial charge in [0.25, 0.3) is 0 Å². The van der Waals surface area contributed by atoms with E-state index in [1.54, 1.807) is 6.21 Å². The summed E-state index contributed by atoms with van der Waals surface area (Å²) in [6, 6.07) is 16.9. The highest BCUT2D eigenvalue weighted by molar-refractivity contribution is 8.93. The van der Waals surface area contributed by atoms with E-state index in [1.165, 1.54) is 16.6 Å². The molecule has 0 saturated carbocycles. The first kappa shape index (κ1) is 24.8. The third-order valence-corrected chi connectivity index (χ3v) is 4.26. The van der Waals surface area contributed by atoms with Gasteiger partial charge in [0, 0.05) is 13.1 Å². The lowest BCUT2D eigenvalue weighted by atomic mass is 10.1. The summed E-state index contributed by atoms with van der Waals surface area (Å²) in [4.78, 5) is 4.31. The van der Waals surface area contributed by atoms with E-state index in [-0.39, 0.29) is 34.0 Å². The van der Waals surface area contributed by atoms with E-state index in [9.17, 15) is 0 Å². The molecule has 1 aromatic heterocycles. The summed E-state index contributed by atoms with van der Waals surface area (Å²) in [6.07, 6.45) is 3.94. The van der Waals surface area contributed by atoms with Crippen molar-refractivity contribution in [2.24, 2.45) is 17.1 Å². The highest BCUT2D eigenvalue weighted by Crippen LogP contribution is 2.13. The first-order valence-corrected chi connectivity index (χ1v) is 9.31. The van der Waals surface area contributed by atoms with Gasteiger partial charge in [-0.05, 0) is 37.1 Å². The first-order valence-electron chi connectivity index (χ1n) is 9.31. The Morgan fingerprint density at radius 3 is 2.52 bits per heavy atom. The van der Waals surface area contributed by atoms with Gasteiger partial charge in [-0.15, -0.1) is 17.0 Å². The minimum Gasteiger partial charge on any atom is -1.00 e. The molecule has 0 saturated heterocycles. The topological polar surface area (TPSA) is 57.6 Å². The number of aliphatic imine (C=N–C) groups is 1. The number of nitrogens with zero attached hydrogens (tertiary/aromatic N) is 4. The fraction of sp³-hybridized carbons (Fsp3) is 0.286. The second-order valence-electron chi connectivity index (χ2n) is 6.31. The largest absolute Gasteiger partial charge is 1.00 e. The molecule has 0 radical (unpaired) electrons. The monoisotopic (exact) mass is 522 g/mol. The average Bonchev–Trinajstić information content (AvgIpc) is 2.99. The summed E-state index contributed by atoms with van der Waals surface area (Å²) < 4.78 is 4.42. The standard InChI is InChI=1S/C21H27N6.2BrH/c1-4-22-21(23-5-2)25-24-14-17-10-12-18(13-11-17)15-27-16-26(3)19-8-6-7-9-20(19)27;;/h6-14,16H,4-5,15H2,1-3H3,(H2,22,23,25);2*1H/q+1;;/p-1/b24-14+;;. The summed E-state index contributed by atoms with van der Waals surface area (Å²) in [7, 11) is 2.08. The van der Waals surface area contributed by atoms with Crippen molar-refractivity contribution in [3.63, 3.8) is 0 Å². The number of para-hydroxylation sites is 2. The van der Waals surface area contributed by atoms with Crippen molar-refractivity contribution in [1.29, 1.82) is 0 Å². The van der Waals surface area contributed by atoms with Gasteiger partial charge in [-0.2, -0.15) is 5.10 Å². The van der Waals surface area contributed by atoms with Crippen LogP contribution in [0.5, 0.6) is 0 Å². The van der Waals surface area contributed by atoms with E-state index >= 15 is 0 Å². The summed E-state index contributed by atoms with van der Waals surface area (Å²) in [5, 5.41) is 7.40. The molecule has 0 atom stereocenters. The van der Waals surface area contributed by atoms with Crippen LogP contribution < -0.4 is 32.3 Å². The highest BCUT2D eigenvalue weighted by Gasteiger charge is 2.12. The third kappa shape index (κ3) is 6.68. The number of rotatable bonds is 6. The number of hydrazone groups is 1. The van der Waals surface area contributed by atoms with Crippen LogP contribution in [0.1, 0.15) is 25.0 Å². The van der Waals surface area contributed by atoms with Gasteiger partial charge in [0.1, 0.15) is 6.54 Å². The fourth-order valence-corrected chi connectivity index (χ4v) is 2.99. The number of aromatic nitrogens is 2. The zero-order chi connectivity index (χ0) is 19.1. The molecule has 2 aromatic carbocycles. The molecule has 0 aliphatic rings. The van der Waals surface area contributed by atoms with Gasteiger partial charge < -0.3 is 22.3 Å².